The van der Waals surface area contributed by atoms with Gasteiger partial charge in [0.05, 0.1) is 19.2 Å². The van der Waals surface area contributed by atoms with Crippen LogP contribution in [0.2, 0.25) is 19.6 Å². The van der Waals surface area contributed by atoms with Crippen LogP contribution in [0.4, 0.5) is 39.8 Å². The minimum absolute atomic E-state index is 0.0504. The predicted molar refractivity (Wildman–Crippen MR) is 264 cm³/mol. The Balaban J connectivity index is 1.24. The van der Waals surface area contributed by atoms with Gasteiger partial charge in [0.2, 0.25) is 0 Å². The van der Waals surface area contributed by atoms with Crippen LogP contribution >= 0.6 is 0 Å². The number of anilines is 7. The van der Waals surface area contributed by atoms with E-state index >= 15 is 0 Å². The van der Waals surface area contributed by atoms with Crippen LogP contribution in [0.1, 0.15) is 100.0 Å². The number of rotatable bonds is 4. The Kier molecular flexibility index (Phi) is 7.77. The quantitative estimate of drug-likeness (QED) is 0.164. The smallest absolute Gasteiger partial charge is 0.252 e. The molecule has 0 bridgehead atoms. The van der Waals surface area contributed by atoms with Crippen molar-refractivity contribution in [3.63, 3.8) is 0 Å². The monoisotopic (exact) mass is 813 g/mol. The van der Waals surface area contributed by atoms with Crippen LogP contribution in [-0.4, -0.2) is 25.9 Å². The van der Waals surface area contributed by atoms with Crippen LogP contribution < -0.4 is 36.3 Å². The molecule has 2 saturated carbocycles. The van der Waals surface area contributed by atoms with Gasteiger partial charge in [0.1, 0.15) is 0 Å². The van der Waals surface area contributed by atoms with Gasteiger partial charge in [0, 0.05) is 50.6 Å². The lowest BCUT2D eigenvalue weighted by molar-refractivity contribution is 0.195. The summed E-state index contributed by atoms with van der Waals surface area (Å²) in [6.45, 7) is 20.1. The van der Waals surface area contributed by atoms with Crippen molar-refractivity contribution >= 4 is 76.2 Å². The summed E-state index contributed by atoms with van der Waals surface area (Å²) in [6.07, 6.45) is 9.76. The topological polar surface area (TPSA) is 9.72 Å². The Morgan fingerprint density at radius 1 is 0.525 bits per heavy atom. The van der Waals surface area contributed by atoms with Gasteiger partial charge < -0.3 is 14.7 Å². The molecule has 6 aromatic carbocycles. The fourth-order valence-corrected chi connectivity index (χ4v) is 15.3. The average molecular weight is 814 g/mol. The molecule has 5 heteroatoms. The van der Waals surface area contributed by atoms with E-state index in [9.17, 15) is 0 Å². The minimum Gasteiger partial charge on any atom is -0.335 e. The number of aryl methyl sites for hydroxylation is 2. The first-order valence-electron chi connectivity index (χ1n) is 23.4. The van der Waals surface area contributed by atoms with Gasteiger partial charge in [-0.05, 0) is 123 Å². The molecule has 0 saturated heterocycles. The van der Waals surface area contributed by atoms with Crippen LogP contribution in [0.15, 0.2) is 121 Å². The maximum Gasteiger partial charge on any atom is 0.252 e. The molecule has 61 heavy (non-hydrogen) atoms. The van der Waals surface area contributed by atoms with Gasteiger partial charge in [0.15, 0.2) is 0 Å². The maximum absolute atomic E-state index is 2.97. The molecular formula is C56H60BN3Si. The molecule has 2 fully saturated rings. The number of nitrogens with zero attached hydrogens (tertiary/aromatic N) is 3. The molecule has 12 rings (SSSR count). The fourth-order valence-electron chi connectivity index (χ4n) is 14.1. The van der Waals surface area contributed by atoms with E-state index in [1.54, 1.807) is 10.8 Å². The maximum atomic E-state index is 2.97. The van der Waals surface area contributed by atoms with E-state index in [1.165, 1.54) is 123 Å². The van der Waals surface area contributed by atoms with E-state index in [0.29, 0.717) is 0 Å². The molecule has 0 radical (unpaired) electrons. The molecule has 3 nitrogen and oxygen atoms in total. The van der Waals surface area contributed by atoms with Gasteiger partial charge in [-0.15, -0.1) is 0 Å². The van der Waals surface area contributed by atoms with Crippen molar-refractivity contribution in [1.29, 1.82) is 0 Å². The lowest BCUT2D eigenvalue weighted by Gasteiger charge is -2.54. The van der Waals surface area contributed by atoms with Crippen molar-refractivity contribution in [1.82, 2.24) is 0 Å². The molecule has 0 amide bonds. The number of benzene rings is 6. The normalized spacial score (nSPS) is 26.6. The molecule has 0 N–H and O–H groups in total. The summed E-state index contributed by atoms with van der Waals surface area (Å²) >= 11 is 0. The third-order valence-corrected chi connectivity index (χ3v) is 19.4. The van der Waals surface area contributed by atoms with Crippen LogP contribution in [0.25, 0.3) is 0 Å². The first kappa shape index (κ1) is 37.7. The lowest BCUT2D eigenvalue weighted by atomic mass is 9.33. The number of hydrogen-bond acceptors (Lipinski definition) is 3. The molecule has 6 aromatic rings. The Morgan fingerprint density at radius 2 is 1.20 bits per heavy atom. The molecule has 4 atom stereocenters. The molecule has 0 spiro atoms. The van der Waals surface area contributed by atoms with Crippen molar-refractivity contribution < 1.29 is 0 Å². The van der Waals surface area contributed by atoms with E-state index < -0.39 is 8.07 Å². The predicted octanol–water partition coefficient (Wildman–Crippen LogP) is 12.0. The Hall–Kier alpha value is -5.00. The molecule has 4 heterocycles. The first-order valence-corrected chi connectivity index (χ1v) is 26.9. The zero-order valence-electron chi connectivity index (χ0n) is 37.6. The largest absolute Gasteiger partial charge is 0.335 e. The van der Waals surface area contributed by atoms with Gasteiger partial charge in [0.25, 0.3) is 6.71 Å². The third kappa shape index (κ3) is 4.72. The van der Waals surface area contributed by atoms with E-state index in [2.05, 4.69) is 190 Å². The van der Waals surface area contributed by atoms with Crippen LogP contribution in [0, 0.1) is 13.8 Å². The zero-order chi connectivity index (χ0) is 41.8. The van der Waals surface area contributed by atoms with Crippen molar-refractivity contribution in [2.24, 2.45) is 0 Å². The lowest BCUT2D eigenvalue weighted by Crippen LogP contribution is -2.65. The van der Waals surface area contributed by atoms with Gasteiger partial charge in [-0.3, -0.25) is 0 Å². The second-order valence-corrected chi connectivity index (χ2v) is 26.6. The van der Waals surface area contributed by atoms with Crippen LogP contribution in [0.3, 0.4) is 0 Å². The molecule has 6 aliphatic rings. The number of hydrogen-bond donors (Lipinski definition) is 0. The molecule has 0 aromatic heterocycles. The third-order valence-electron chi connectivity index (χ3n) is 17.3. The summed E-state index contributed by atoms with van der Waals surface area (Å²) in [5, 5.41) is 1.58. The standard InChI is InChI=1S/C56H60BN3Si/c1-37-22-25-40(26-23-37)58-48-27-24-38(2)32-45(48)57-46-36-42(61(6,7)8)35-44-52(46)60(55(5)30-16-17-31-56(44,55)39-18-10-9-11-19-39)50-34-41(33-49(58)51(50)57)59-47-21-13-12-20-43(47)53(3)28-14-15-29-54(53,59)4/h9-13,18-27,32-36H,14-17,28-31H2,1-8H3. The summed E-state index contributed by atoms with van der Waals surface area (Å²) in [5.74, 6) is 0. The highest BCUT2D eigenvalue weighted by Crippen LogP contribution is 2.66. The molecule has 306 valence electrons. The van der Waals surface area contributed by atoms with Crippen molar-refractivity contribution in [2.75, 3.05) is 14.7 Å². The number of fused-ring (bicyclic) bond motifs is 10. The second-order valence-electron chi connectivity index (χ2n) is 21.5. The van der Waals surface area contributed by atoms with E-state index in [4.69, 9.17) is 0 Å². The minimum atomic E-state index is -1.77. The Morgan fingerprint density at radius 3 is 1.97 bits per heavy atom. The van der Waals surface area contributed by atoms with Gasteiger partial charge >= 0.3 is 0 Å². The molecule has 2 aliphatic carbocycles. The van der Waals surface area contributed by atoms with Crippen LogP contribution in [0.5, 0.6) is 0 Å². The molecule has 4 unspecified atom stereocenters. The Bertz CT molecular complexity index is 2810. The van der Waals surface area contributed by atoms with Crippen molar-refractivity contribution in [2.45, 2.75) is 128 Å². The molecule has 4 aliphatic heterocycles. The van der Waals surface area contributed by atoms with Gasteiger partial charge in [-0.2, -0.15) is 0 Å². The summed E-state index contributed by atoms with van der Waals surface area (Å²) in [5.41, 5.74) is 20.9. The average Bonchev–Trinajstić information content (AvgIpc) is 3.62. The van der Waals surface area contributed by atoms with E-state index in [1.807, 2.05) is 0 Å². The molecular weight excluding hydrogens is 754 g/mol. The zero-order valence-corrected chi connectivity index (χ0v) is 38.6. The first-order chi connectivity index (χ1) is 29.3. The number of para-hydroxylation sites is 1. The fraction of sp³-hybridized carbons (Fsp3) is 0.357. The SMILES string of the molecule is Cc1ccc(N2c3ccc(C)cc3B3c4cc([Si](C)(C)C)cc5c4N(c4cc(N6c7ccccc7C7(C)CCCCC67C)cc2c43)C2(C)CCCCC52c2ccccc2)cc1. The highest BCUT2D eigenvalue weighted by Gasteiger charge is 2.65. The van der Waals surface area contributed by atoms with E-state index in [0.717, 1.165) is 6.42 Å². The summed E-state index contributed by atoms with van der Waals surface area (Å²) < 4.78 is 0. The van der Waals surface area contributed by atoms with Crippen molar-refractivity contribution in [3.05, 3.63) is 149 Å². The second kappa shape index (κ2) is 12.6. The van der Waals surface area contributed by atoms with Crippen molar-refractivity contribution in [3.8, 4) is 0 Å². The van der Waals surface area contributed by atoms with Gasteiger partial charge in [-0.1, -0.05) is 153 Å². The highest BCUT2D eigenvalue weighted by atomic mass is 28.3. The summed E-state index contributed by atoms with van der Waals surface area (Å²) in [7, 11) is -1.77. The van der Waals surface area contributed by atoms with Gasteiger partial charge in [-0.25, -0.2) is 0 Å². The van der Waals surface area contributed by atoms with Crippen LogP contribution in [-0.2, 0) is 10.8 Å². The Labute approximate surface area is 365 Å². The summed E-state index contributed by atoms with van der Waals surface area (Å²) in [6, 6.07) is 48.6. The van der Waals surface area contributed by atoms with E-state index in [-0.39, 0.29) is 28.6 Å². The summed E-state index contributed by atoms with van der Waals surface area (Å²) in [4.78, 5) is 8.45. The highest BCUT2D eigenvalue weighted by molar-refractivity contribution is 7.01.